The van der Waals surface area contributed by atoms with Crippen molar-refractivity contribution in [2.75, 3.05) is 13.1 Å². The number of carbonyl (C=O) groups is 2. The number of aryl methyl sites for hydroxylation is 1. The SMILES string of the molecule is Cc1ccc(CN(CCc2c[nH]c3ccccc23)C(=O)CN(C(=O)c2ccccc2Cl)C2CC2)cc1. The molecule has 0 unspecified atom stereocenters. The molecular weight excluding hydrogens is 470 g/mol. The molecule has 0 bridgehead atoms. The lowest BCUT2D eigenvalue weighted by Crippen LogP contribution is -2.44. The van der Waals surface area contributed by atoms with Crippen LogP contribution in [0.15, 0.2) is 79.0 Å². The van der Waals surface area contributed by atoms with Gasteiger partial charge in [-0.05, 0) is 55.5 Å². The fourth-order valence-corrected chi connectivity index (χ4v) is 4.80. The van der Waals surface area contributed by atoms with E-state index in [2.05, 4.69) is 48.3 Å². The average molecular weight is 500 g/mol. The van der Waals surface area contributed by atoms with E-state index in [9.17, 15) is 9.59 Å². The first-order chi connectivity index (χ1) is 17.5. The summed E-state index contributed by atoms with van der Waals surface area (Å²) in [5.74, 6) is -0.230. The van der Waals surface area contributed by atoms with Gasteiger partial charge in [0.25, 0.3) is 5.91 Å². The van der Waals surface area contributed by atoms with Gasteiger partial charge in [-0.1, -0.05) is 71.8 Å². The quantitative estimate of drug-likeness (QED) is 0.307. The van der Waals surface area contributed by atoms with Gasteiger partial charge in [0.15, 0.2) is 0 Å². The second kappa shape index (κ2) is 10.6. The largest absolute Gasteiger partial charge is 0.361 e. The van der Waals surface area contributed by atoms with E-state index in [1.54, 1.807) is 29.2 Å². The van der Waals surface area contributed by atoms with Crippen LogP contribution in [0.1, 0.15) is 39.9 Å². The zero-order valence-electron chi connectivity index (χ0n) is 20.4. The normalized spacial score (nSPS) is 13.1. The van der Waals surface area contributed by atoms with Crippen LogP contribution < -0.4 is 0 Å². The van der Waals surface area contributed by atoms with Gasteiger partial charge in [0.2, 0.25) is 5.91 Å². The number of fused-ring (bicyclic) bond motifs is 1. The summed E-state index contributed by atoms with van der Waals surface area (Å²) in [6.07, 6.45) is 4.58. The van der Waals surface area contributed by atoms with Crippen molar-refractivity contribution in [3.05, 3.63) is 106 Å². The average Bonchev–Trinajstić information content (AvgIpc) is 3.65. The van der Waals surface area contributed by atoms with Crippen LogP contribution in [0, 0.1) is 6.92 Å². The van der Waals surface area contributed by atoms with Gasteiger partial charge in [-0.25, -0.2) is 0 Å². The molecule has 1 heterocycles. The number of halogens is 1. The summed E-state index contributed by atoms with van der Waals surface area (Å²) in [7, 11) is 0. The number of nitrogens with one attached hydrogen (secondary N) is 1. The van der Waals surface area contributed by atoms with Crippen LogP contribution in [-0.4, -0.2) is 45.7 Å². The van der Waals surface area contributed by atoms with E-state index in [0.29, 0.717) is 23.7 Å². The molecule has 1 fully saturated rings. The van der Waals surface area contributed by atoms with Gasteiger partial charge < -0.3 is 14.8 Å². The molecule has 0 radical (unpaired) electrons. The molecule has 0 aliphatic heterocycles. The van der Waals surface area contributed by atoms with E-state index in [-0.39, 0.29) is 24.4 Å². The fraction of sp³-hybridized carbons (Fsp3) is 0.267. The number of H-pyrrole nitrogens is 1. The second-order valence-electron chi connectivity index (χ2n) is 9.55. The Morgan fingerprint density at radius 2 is 1.69 bits per heavy atom. The summed E-state index contributed by atoms with van der Waals surface area (Å²) in [6.45, 7) is 3.17. The molecular formula is C30H30ClN3O2. The summed E-state index contributed by atoms with van der Waals surface area (Å²) in [6, 6.07) is 23.6. The first-order valence-corrected chi connectivity index (χ1v) is 12.8. The van der Waals surface area contributed by atoms with Crippen LogP contribution in [0.3, 0.4) is 0 Å². The maximum atomic E-state index is 13.7. The number of rotatable bonds is 9. The van der Waals surface area contributed by atoms with Crippen LogP contribution >= 0.6 is 11.6 Å². The lowest BCUT2D eigenvalue weighted by Gasteiger charge is -2.28. The summed E-state index contributed by atoms with van der Waals surface area (Å²) >= 11 is 6.32. The molecule has 184 valence electrons. The summed E-state index contributed by atoms with van der Waals surface area (Å²) in [4.78, 5) is 34.0. The molecule has 36 heavy (non-hydrogen) atoms. The first kappa shape index (κ1) is 24.1. The third-order valence-corrected chi connectivity index (χ3v) is 7.16. The zero-order valence-corrected chi connectivity index (χ0v) is 21.2. The van der Waals surface area contributed by atoms with Crippen molar-refractivity contribution in [1.29, 1.82) is 0 Å². The zero-order chi connectivity index (χ0) is 25.1. The molecule has 1 aromatic heterocycles. The van der Waals surface area contributed by atoms with Crippen molar-refractivity contribution in [3.63, 3.8) is 0 Å². The second-order valence-corrected chi connectivity index (χ2v) is 9.96. The Morgan fingerprint density at radius 1 is 0.972 bits per heavy atom. The van der Waals surface area contributed by atoms with Gasteiger partial charge in [-0.2, -0.15) is 0 Å². The molecule has 5 nitrogen and oxygen atoms in total. The van der Waals surface area contributed by atoms with E-state index in [4.69, 9.17) is 11.6 Å². The highest BCUT2D eigenvalue weighted by atomic mass is 35.5. The molecule has 4 aromatic rings. The molecule has 1 aliphatic rings. The van der Waals surface area contributed by atoms with Crippen LogP contribution in [0.2, 0.25) is 5.02 Å². The maximum Gasteiger partial charge on any atom is 0.256 e. The fourth-order valence-electron chi connectivity index (χ4n) is 4.59. The Bertz CT molecular complexity index is 1370. The standard InChI is InChI=1S/C30H30ClN3O2/c1-21-10-12-22(13-11-21)19-33(17-16-23-18-32-28-9-5-3-6-25(23)28)29(35)20-34(24-14-15-24)30(36)26-7-2-4-8-27(26)31/h2-13,18,24,32H,14-17,19-20H2,1H3. The van der Waals surface area contributed by atoms with Crippen molar-refractivity contribution < 1.29 is 9.59 Å². The molecule has 0 saturated heterocycles. The van der Waals surface area contributed by atoms with Crippen molar-refractivity contribution in [2.45, 2.75) is 38.8 Å². The Balaban J connectivity index is 1.36. The minimum Gasteiger partial charge on any atom is -0.361 e. The molecule has 1 aliphatic carbocycles. The van der Waals surface area contributed by atoms with E-state index in [1.165, 1.54) is 16.5 Å². The number of amides is 2. The highest BCUT2D eigenvalue weighted by molar-refractivity contribution is 6.33. The number of nitrogens with zero attached hydrogens (tertiary/aromatic N) is 2. The molecule has 1 saturated carbocycles. The minimum absolute atomic E-state index is 0.0501. The summed E-state index contributed by atoms with van der Waals surface area (Å²) in [5.41, 5.74) is 4.97. The first-order valence-electron chi connectivity index (χ1n) is 12.4. The summed E-state index contributed by atoms with van der Waals surface area (Å²) in [5, 5.41) is 1.59. The number of carbonyl (C=O) groups excluding carboxylic acids is 2. The number of aromatic nitrogens is 1. The number of para-hydroxylation sites is 1. The number of aromatic amines is 1. The molecule has 6 heteroatoms. The van der Waals surface area contributed by atoms with Gasteiger partial charge in [-0.15, -0.1) is 0 Å². The third-order valence-electron chi connectivity index (χ3n) is 6.83. The van der Waals surface area contributed by atoms with Crippen LogP contribution in [-0.2, 0) is 17.8 Å². The predicted octanol–water partition coefficient (Wildman–Crippen LogP) is 6.01. The molecule has 0 atom stereocenters. The topological polar surface area (TPSA) is 56.4 Å². The Kier molecular flexibility index (Phi) is 7.10. The third kappa shape index (κ3) is 5.47. The van der Waals surface area contributed by atoms with Crippen LogP contribution in [0.4, 0.5) is 0 Å². The molecule has 3 aromatic carbocycles. The highest BCUT2D eigenvalue weighted by Gasteiger charge is 2.35. The van der Waals surface area contributed by atoms with Gasteiger partial charge >= 0.3 is 0 Å². The van der Waals surface area contributed by atoms with Gasteiger partial charge in [-0.3, -0.25) is 9.59 Å². The predicted molar refractivity (Wildman–Crippen MR) is 144 cm³/mol. The minimum atomic E-state index is -0.177. The Morgan fingerprint density at radius 3 is 2.44 bits per heavy atom. The van der Waals surface area contributed by atoms with Crippen molar-refractivity contribution in [1.82, 2.24) is 14.8 Å². The van der Waals surface area contributed by atoms with Gasteiger partial charge in [0.05, 0.1) is 10.6 Å². The number of hydrogen-bond donors (Lipinski definition) is 1. The molecule has 2 amide bonds. The van der Waals surface area contributed by atoms with Gasteiger partial charge in [0.1, 0.15) is 6.54 Å². The molecule has 0 spiro atoms. The lowest BCUT2D eigenvalue weighted by atomic mass is 10.1. The number of hydrogen-bond acceptors (Lipinski definition) is 2. The number of benzene rings is 3. The van der Waals surface area contributed by atoms with E-state index in [1.807, 2.05) is 23.2 Å². The van der Waals surface area contributed by atoms with E-state index in [0.717, 1.165) is 30.3 Å². The van der Waals surface area contributed by atoms with Crippen LogP contribution in [0.25, 0.3) is 10.9 Å². The van der Waals surface area contributed by atoms with E-state index < -0.39 is 0 Å². The Labute approximate surface area is 216 Å². The van der Waals surface area contributed by atoms with E-state index >= 15 is 0 Å². The monoisotopic (exact) mass is 499 g/mol. The van der Waals surface area contributed by atoms with Crippen molar-refractivity contribution >= 4 is 34.3 Å². The Hall–Kier alpha value is -3.57. The summed E-state index contributed by atoms with van der Waals surface area (Å²) < 4.78 is 0. The van der Waals surface area contributed by atoms with Crippen molar-refractivity contribution in [2.24, 2.45) is 0 Å². The van der Waals surface area contributed by atoms with Crippen LogP contribution in [0.5, 0.6) is 0 Å². The molecule has 1 N–H and O–H groups in total. The maximum absolute atomic E-state index is 13.7. The van der Waals surface area contributed by atoms with Crippen molar-refractivity contribution in [3.8, 4) is 0 Å². The highest BCUT2D eigenvalue weighted by Crippen LogP contribution is 2.30. The molecule has 5 rings (SSSR count). The smallest absolute Gasteiger partial charge is 0.256 e. The lowest BCUT2D eigenvalue weighted by molar-refractivity contribution is -0.132. The van der Waals surface area contributed by atoms with Gasteiger partial charge in [0, 0.05) is 36.2 Å².